The number of nitrogens with two attached hydrogens (primary N) is 1. The lowest BCUT2D eigenvalue weighted by Gasteiger charge is -2.44. The lowest BCUT2D eigenvalue weighted by Crippen LogP contribution is -2.58. The summed E-state index contributed by atoms with van der Waals surface area (Å²) in [6.07, 6.45) is 3.43. The van der Waals surface area contributed by atoms with Crippen molar-refractivity contribution >= 4 is 29.0 Å². The van der Waals surface area contributed by atoms with Gasteiger partial charge in [-0.15, -0.1) is 5.10 Å². The zero-order valence-corrected chi connectivity index (χ0v) is 17.4. The second kappa shape index (κ2) is 8.02. The first-order valence-corrected chi connectivity index (χ1v) is 9.95. The number of amides is 1. The number of carbonyl (C=O) groups excluding carboxylic acids is 1. The van der Waals surface area contributed by atoms with Gasteiger partial charge in [0.2, 0.25) is 11.9 Å². The van der Waals surface area contributed by atoms with E-state index in [0.717, 1.165) is 30.3 Å². The van der Waals surface area contributed by atoms with Crippen LogP contribution in [0.5, 0.6) is 0 Å². The first-order valence-electron chi connectivity index (χ1n) is 9.95. The van der Waals surface area contributed by atoms with Crippen molar-refractivity contribution in [3.8, 4) is 5.69 Å². The second-order valence-electron chi connectivity index (χ2n) is 7.66. The highest BCUT2D eigenvalue weighted by Gasteiger charge is 2.31. The molecule has 0 bridgehead atoms. The van der Waals surface area contributed by atoms with E-state index in [1.807, 2.05) is 41.3 Å². The third-order valence-corrected chi connectivity index (χ3v) is 5.26. The van der Waals surface area contributed by atoms with Crippen molar-refractivity contribution < 1.29 is 4.79 Å². The van der Waals surface area contributed by atoms with E-state index < -0.39 is 0 Å². The maximum atomic E-state index is 11.9. The molecule has 1 aromatic carbocycles. The van der Waals surface area contributed by atoms with Gasteiger partial charge in [0.25, 0.3) is 0 Å². The standard InChI is InChI=1S/C21H26N8O/c1-14-11-27(12-15(2)29(14)16(3)30)20-10-19(8-9-23-20)28-13-24-21(26-28)25-18-6-4-17(22)5-7-18/h4-10,13-15H,11-12,22H2,1-3H3,(H,25,26)/t14-,15+. The summed E-state index contributed by atoms with van der Waals surface area (Å²) >= 11 is 0. The van der Waals surface area contributed by atoms with Crippen LogP contribution in [-0.2, 0) is 4.79 Å². The van der Waals surface area contributed by atoms with Crippen molar-refractivity contribution in [2.24, 2.45) is 0 Å². The molecule has 9 nitrogen and oxygen atoms in total. The molecule has 1 aliphatic heterocycles. The number of carbonyl (C=O) groups is 1. The molecular weight excluding hydrogens is 380 g/mol. The van der Waals surface area contributed by atoms with Crippen LogP contribution >= 0.6 is 0 Å². The summed E-state index contributed by atoms with van der Waals surface area (Å²) in [7, 11) is 0. The number of nitrogen functional groups attached to an aromatic ring is 1. The normalized spacial score (nSPS) is 19.0. The van der Waals surface area contributed by atoms with Crippen LogP contribution in [0.4, 0.5) is 23.1 Å². The number of benzene rings is 1. The van der Waals surface area contributed by atoms with E-state index in [9.17, 15) is 4.79 Å². The number of pyridine rings is 1. The average Bonchev–Trinajstić information content (AvgIpc) is 3.17. The van der Waals surface area contributed by atoms with Crippen LogP contribution in [0.1, 0.15) is 20.8 Å². The molecular formula is C21H26N8O. The zero-order valence-electron chi connectivity index (χ0n) is 17.4. The number of hydrogen-bond acceptors (Lipinski definition) is 7. The molecule has 0 spiro atoms. The number of anilines is 4. The Morgan fingerprint density at radius 2 is 1.80 bits per heavy atom. The Hall–Kier alpha value is -3.62. The number of hydrogen-bond donors (Lipinski definition) is 2. The van der Waals surface area contributed by atoms with Gasteiger partial charge in [-0.2, -0.15) is 4.98 Å². The quantitative estimate of drug-likeness (QED) is 0.641. The molecule has 0 radical (unpaired) electrons. The van der Waals surface area contributed by atoms with Crippen molar-refractivity contribution in [2.75, 3.05) is 29.0 Å². The molecule has 1 aliphatic rings. The highest BCUT2D eigenvalue weighted by atomic mass is 16.2. The van der Waals surface area contributed by atoms with E-state index in [4.69, 9.17) is 5.73 Å². The monoisotopic (exact) mass is 406 g/mol. The highest BCUT2D eigenvalue weighted by Crippen LogP contribution is 2.23. The maximum absolute atomic E-state index is 11.9. The van der Waals surface area contributed by atoms with Crippen LogP contribution in [-0.4, -0.2) is 55.7 Å². The van der Waals surface area contributed by atoms with Crippen LogP contribution in [0.2, 0.25) is 0 Å². The Bertz CT molecular complexity index is 1020. The molecule has 30 heavy (non-hydrogen) atoms. The van der Waals surface area contributed by atoms with Gasteiger partial charge in [-0.05, 0) is 44.2 Å². The lowest BCUT2D eigenvalue weighted by molar-refractivity contribution is -0.133. The van der Waals surface area contributed by atoms with Gasteiger partial charge in [-0.25, -0.2) is 9.67 Å². The van der Waals surface area contributed by atoms with Gasteiger partial charge in [0, 0.05) is 55.7 Å². The Balaban J connectivity index is 1.51. The summed E-state index contributed by atoms with van der Waals surface area (Å²) in [6, 6.07) is 11.5. The van der Waals surface area contributed by atoms with Gasteiger partial charge < -0.3 is 20.9 Å². The molecule has 3 aromatic rings. The molecule has 1 amide bonds. The fourth-order valence-electron chi connectivity index (χ4n) is 3.99. The summed E-state index contributed by atoms with van der Waals surface area (Å²) in [5.41, 5.74) is 8.16. The SMILES string of the molecule is CC(=O)N1[C@H](C)CN(c2cc(-n3cnc(Nc4ccc(N)cc4)n3)ccn2)C[C@@H]1C. The third kappa shape index (κ3) is 4.05. The summed E-state index contributed by atoms with van der Waals surface area (Å²) in [5.74, 6) is 1.47. The minimum absolute atomic E-state index is 0.111. The highest BCUT2D eigenvalue weighted by molar-refractivity contribution is 5.74. The molecule has 0 saturated carbocycles. The van der Waals surface area contributed by atoms with E-state index in [-0.39, 0.29) is 18.0 Å². The fourth-order valence-corrected chi connectivity index (χ4v) is 3.99. The summed E-state index contributed by atoms with van der Waals surface area (Å²) in [4.78, 5) is 24.9. The van der Waals surface area contributed by atoms with E-state index in [0.29, 0.717) is 11.6 Å². The lowest BCUT2D eigenvalue weighted by atomic mass is 10.1. The Morgan fingerprint density at radius 1 is 1.10 bits per heavy atom. The Morgan fingerprint density at radius 3 is 2.47 bits per heavy atom. The fraction of sp³-hybridized carbons (Fsp3) is 0.333. The molecule has 2 aromatic heterocycles. The van der Waals surface area contributed by atoms with Gasteiger partial charge in [0.15, 0.2) is 0 Å². The van der Waals surface area contributed by atoms with Crippen LogP contribution in [0, 0.1) is 0 Å². The molecule has 0 aliphatic carbocycles. The van der Waals surface area contributed by atoms with Gasteiger partial charge in [0.1, 0.15) is 12.1 Å². The topological polar surface area (TPSA) is 105 Å². The second-order valence-corrected chi connectivity index (χ2v) is 7.66. The van der Waals surface area contributed by atoms with Crippen molar-refractivity contribution in [3.05, 3.63) is 48.9 Å². The first kappa shape index (κ1) is 19.7. The minimum Gasteiger partial charge on any atom is -0.399 e. The average molecular weight is 406 g/mol. The predicted molar refractivity (Wildman–Crippen MR) is 117 cm³/mol. The number of piperazine rings is 1. The van der Waals surface area contributed by atoms with Crippen molar-refractivity contribution in [1.82, 2.24) is 24.6 Å². The number of rotatable bonds is 4. The van der Waals surface area contributed by atoms with Crippen LogP contribution in [0.3, 0.4) is 0 Å². The van der Waals surface area contributed by atoms with Crippen LogP contribution in [0.25, 0.3) is 5.69 Å². The predicted octanol–water partition coefficient (Wildman–Crippen LogP) is 2.43. The largest absolute Gasteiger partial charge is 0.399 e. The molecule has 1 saturated heterocycles. The smallest absolute Gasteiger partial charge is 0.246 e. The molecule has 156 valence electrons. The zero-order chi connectivity index (χ0) is 21.3. The van der Waals surface area contributed by atoms with Gasteiger partial charge in [0.05, 0.1) is 5.69 Å². The number of nitrogens with zero attached hydrogens (tertiary/aromatic N) is 6. The molecule has 9 heteroatoms. The van der Waals surface area contributed by atoms with Crippen molar-refractivity contribution in [2.45, 2.75) is 32.9 Å². The summed E-state index contributed by atoms with van der Waals surface area (Å²) in [5, 5.41) is 7.68. The van der Waals surface area contributed by atoms with Crippen molar-refractivity contribution in [3.63, 3.8) is 0 Å². The number of nitrogens with one attached hydrogen (secondary N) is 1. The summed E-state index contributed by atoms with van der Waals surface area (Å²) < 4.78 is 1.71. The maximum Gasteiger partial charge on any atom is 0.246 e. The van der Waals surface area contributed by atoms with E-state index in [1.165, 1.54) is 0 Å². The molecule has 3 heterocycles. The Labute approximate surface area is 175 Å². The molecule has 2 atom stereocenters. The van der Waals surface area contributed by atoms with Gasteiger partial charge in [-0.3, -0.25) is 4.79 Å². The van der Waals surface area contributed by atoms with Gasteiger partial charge >= 0.3 is 0 Å². The van der Waals surface area contributed by atoms with Crippen molar-refractivity contribution in [1.29, 1.82) is 0 Å². The molecule has 3 N–H and O–H groups in total. The van der Waals surface area contributed by atoms with Crippen LogP contribution < -0.4 is 16.0 Å². The Kier molecular flexibility index (Phi) is 5.26. The third-order valence-electron chi connectivity index (χ3n) is 5.26. The first-order chi connectivity index (χ1) is 14.4. The molecule has 4 rings (SSSR count). The molecule has 0 unspecified atom stereocenters. The van der Waals surface area contributed by atoms with Gasteiger partial charge in [-0.1, -0.05) is 0 Å². The molecule has 1 fully saturated rings. The van der Waals surface area contributed by atoms with E-state index in [1.54, 1.807) is 24.1 Å². The van der Waals surface area contributed by atoms with Crippen LogP contribution in [0.15, 0.2) is 48.9 Å². The van der Waals surface area contributed by atoms with E-state index in [2.05, 4.69) is 39.1 Å². The minimum atomic E-state index is 0.111. The van der Waals surface area contributed by atoms with E-state index >= 15 is 0 Å². The number of aromatic nitrogens is 4. The summed E-state index contributed by atoms with van der Waals surface area (Å²) in [6.45, 7) is 7.24.